The number of hydrogen-bond acceptors (Lipinski definition) is 3. The predicted molar refractivity (Wildman–Crippen MR) is 63.3 cm³/mol. The van der Waals surface area contributed by atoms with E-state index in [1.54, 1.807) is 12.1 Å². The van der Waals surface area contributed by atoms with Crippen molar-refractivity contribution in [2.45, 2.75) is 25.2 Å². The van der Waals surface area contributed by atoms with Crippen molar-refractivity contribution in [1.82, 2.24) is 5.32 Å². The molecule has 1 saturated heterocycles. The van der Waals surface area contributed by atoms with E-state index in [4.69, 9.17) is 9.47 Å². The van der Waals surface area contributed by atoms with Gasteiger partial charge in [0.25, 0.3) is 0 Å². The standard InChI is InChI=1S/C13H18FNO2/c1-15-12(9-13-16-5-6-17-13)8-10-3-2-4-11(14)7-10/h2-4,7,12-13,15H,5-6,8-9H2,1H3. The molecule has 1 aromatic carbocycles. The molecule has 1 aromatic rings. The Labute approximate surface area is 101 Å². The van der Waals surface area contributed by atoms with E-state index in [0.29, 0.717) is 13.2 Å². The number of nitrogens with one attached hydrogen (secondary N) is 1. The first kappa shape index (κ1) is 12.5. The maximum atomic E-state index is 13.1. The Kier molecular flexibility index (Phi) is 4.48. The molecule has 0 aromatic heterocycles. The van der Waals surface area contributed by atoms with Crippen LogP contribution in [0.1, 0.15) is 12.0 Å². The second-order valence-corrected chi connectivity index (χ2v) is 4.23. The third-order valence-corrected chi connectivity index (χ3v) is 2.95. The zero-order chi connectivity index (χ0) is 12.1. The van der Waals surface area contributed by atoms with Crippen LogP contribution in [0.5, 0.6) is 0 Å². The number of hydrogen-bond donors (Lipinski definition) is 1. The molecule has 0 spiro atoms. The van der Waals surface area contributed by atoms with E-state index in [0.717, 1.165) is 18.4 Å². The topological polar surface area (TPSA) is 30.5 Å². The van der Waals surface area contributed by atoms with E-state index in [-0.39, 0.29) is 18.1 Å². The molecule has 0 bridgehead atoms. The van der Waals surface area contributed by atoms with E-state index >= 15 is 0 Å². The maximum absolute atomic E-state index is 13.1. The quantitative estimate of drug-likeness (QED) is 0.848. The van der Waals surface area contributed by atoms with Crippen LogP contribution in [0.25, 0.3) is 0 Å². The zero-order valence-corrected chi connectivity index (χ0v) is 9.99. The van der Waals surface area contributed by atoms with Crippen LogP contribution in [0.3, 0.4) is 0 Å². The van der Waals surface area contributed by atoms with Crippen molar-refractivity contribution >= 4 is 0 Å². The summed E-state index contributed by atoms with van der Waals surface area (Å²) >= 11 is 0. The van der Waals surface area contributed by atoms with Crippen molar-refractivity contribution in [3.05, 3.63) is 35.6 Å². The summed E-state index contributed by atoms with van der Waals surface area (Å²) in [6.07, 6.45) is 1.44. The van der Waals surface area contributed by atoms with Gasteiger partial charge in [-0.25, -0.2) is 4.39 Å². The highest BCUT2D eigenvalue weighted by Crippen LogP contribution is 2.14. The van der Waals surface area contributed by atoms with E-state index in [2.05, 4.69) is 5.32 Å². The van der Waals surface area contributed by atoms with Gasteiger partial charge in [-0.1, -0.05) is 12.1 Å². The normalized spacial score (nSPS) is 18.5. The van der Waals surface area contributed by atoms with E-state index in [1.165, 1.54) is 6.07 Å². The van der Waals surface area contributed by atoms with Crippen molar-refractivity contribution in [2.75, 3.05) is 20.3 Å². The largest absolute Gasteiger partial charge is 0.350 e. The van der Waals surface area contributed by atoms with Gasteiger partial charge in [-0.15, -0.1) is 0 Å². The number of benzene rings is 1. The lowest BCUT2D eigenvalue weighted by molar-refractivity contribution is -0.0522. The smallest absolute Gasteiger partial charge is 0.159 e. The molecule has 1 aliphatic heterocycles. The van der Waals surface area contributed by atoms with Crippen molar-refractivity contribution in [1.29, 1.82) is 0 Å². The second kappa shape index (κ2) is 6.10. The average molecular weight is 239 g/mol. The molecule has 1 aliphatic rings. The summed E-state index contributed by atoms with van der Waals surface area (Å²) in [6, 6.07) is 6.94. The summed E-state index contributed by atoms with van der Waals surface area (Å²) in [4.78, 5) is 0. The van der Waals surface area contributed by atoms with Gasteiger partial charge in [-0.05, 0) is 31.2 Å². The van der Waals surface area contributed by atoms with Crippen LogP contribution >= 0.6 is 0 Å². The Bertz CT molecular complexity index is 353. The van der Waals surface area contributed by atoms with E-state index < -0.39 is 0 Å². The van der Waals surface area contributed by atoms with Crippen LogP contribution in [0.2, 0.25) is 0 Å². The highest BCUT2D eigenvalue weighted by Gasteiger charge is 2.20. The van der Waals surface area contributed by atoms with Gasteiger partial charge in [0.1, 0.15) is 5.82 Å². The van der Waals surface area contributed by atoms with E-state index in [9.17, 15) is 4.39 Å². The molecule has 0 aliphatic carbocycles. The zero-order valence-electron chi connectivity index (χ0n) is 9.99. The summed E-state index contributed by atoms with van der Waals surface area (Å²) in [5.74, 6) is -0.189. The van der Waals surface area contributed by atoms with Crippen LogP contribution in [-0.2, 0) is 15.9 Å². The van der Waals surface area contributed by atoms with Gasteiger partial charge in [0.15, 0.2) is 6.29 Å². The first-order chi connectivity index (χ1) is 8.28. The van der Waals surface area contributed by atoms with Crippen molar-refractivity contribution in [3.63, 3.8) is 0 Å². The highest BCUT2D eigenvalue weighted by atomic mass is 19.1. The fraction of sp³-hybridized carbons (Fsp3) is 0.538. The Morgan fingerprint density at radius 2 is 2.18 bits per heavy atom. The van der Waals surface area contributed by atoms with Crippen molar-refractivity contribution in [2.24, 2.45) is 0 Å². The fourth-order valence-electron chi connectivity index (χ4n) is 2.03. The first-order valence-corrected chi connectivity index (χ1v) is 5.93. The van der Waals surface area contributed by atoms with Crippen LogP contribution in [0, 0.1) is 5.82 Å². The lowest BCUT2D eigenvalue weighted by Gasteiger charge is -2.19. The Hall–Kier alpha value is -0.970. The first-order valence-electron chi connectivity index (χ1n) is 5.93. The lowest BCUT2D eigenvalue weighted by atomic mass is 10.0. The van der Waals surface area contributed by atoms with Crippen LogP contribution in [0.15, 0.2) is 24.3 Å². The third kappa shape index (κ3) is 3.77. The average Bonchev–Trinajstić information content (AvgIpc) is 2.81. The molecule has 94 valence electrons. The van der Waals surface area contributed by atoms with Crippen molar-refractivity contribution in [3.8, 4) is 0 Å². The summed E-state index contributed by atoms with van der Waals surface area (Å²) in [7, 11) is 1.90. The van der Waals surface area contributed by atoms with Gasteiger partial charge in [0, 0.05) is 12.5 Å². The predicted octanol–water partition coefficient (Wildman–Crippen LogP) is 1.72. The van der Waals surface area contributed by atoms with Gasteiger partial charge in [-0.3, -0.25) is 0 Å². The molecule has 17 heavy (non-hydrogen) atoms. The number of ether oxygens (including phenoxy) is 2. The molecule has 2 rings (SSSR count). The highest BCUT2D eigenvalue weighted by molar-refractivity contribution is 5.17. The Balaban J connectivity index is 1.90. The Morgan fingerprint density at radius 3 is 2.82 bits per heavy atom. The molecule has 3 nitrogen and oxygen atoms in total. The third-order valence-electron chi connectivity index (χ3n) is 2.95. The van der Waals surface area contributed by atoms with Crippen molar-refractivity contribution < 1.29 is 13.9 Å². The second-order valence-electron chi connectivity index (χ2n) is 4.23. The molecule has 1 heterocycles. The van der Waals surface area contributed by atoms with E-state index in [1.807, 2.05) is 13.1 Å². The molecule has 0 radical (unpaired) electrons. The van der Waals surface area contributed by atoms with Gasteiger partial charge < -0.3 is 14.8 Å². The minimum Gasteiger partial charge on any atom is -0.350 e. The monoisotopic (exact) mass is 239 g/mol. The number of halogens is 1. The fourth-order valence-corrected chi connectivity index (χ4v) is 2.03. The van der Waals surface area contributed by atoms with Crippen LogP contribution < -0.4 is 5.32 Å². The lowest BCUT2D eigenvalue weighted by Crippen LogP contribution is -2.32. The summed E-state index contributed by atoms with van der Waals surface area (Å²) in [5, 5.41) is 3.21. The van der Waals surface area contributed by atoms with Gasteiger partial charge in [0.2, 0.25) is 0 Å². The minimum absolute atomic E-state index is 0.124. The number of rotatable bonds is 5. The molecule has 1 fully saturated rings. The Morgan fingerprint density at radius 1 is 1.41 bits per heavy atom. The molecular weight excluding hydrogens is 221 g/mol. The molecule has 4 heteroatoms. The SMILES string of the molecule is CNC(Cc1cccc(F)c1)CC1OCCO1. The van der Waals surface area contributed by atoms with Gasteiger partial charge in [0.05, 0.1) is 13.2 Å². The van der Waals surface area contributed by atoms with Gasteiger partial charge in [-0.2, -0.15) is 0 Å². The molecular formula is C13H18FNO2. The molecule has 1 unspecified atom stereocenters. The minimum atomic E-state index is -0.189. The van der Waals surface area contributed by atoms with Crippen LogP contribution in [0.4, 0.5) is 4.39 Å². The summed E-state index contributed by atoms with van der Waals surface area (Å²) < 4.78 is 23.9. The molecule has 1 N–H and O–H groups in total. The van der Waals surface area contributed by atoms with Crippen LogP contribution in [-0.4, -0.2) is 32.6 Å². The summed E-state index contributed by atoms with van der Waals surface area (Å²) in [6.45, 7) is 1.34. The molecule has 1 atom stereocenters. The maximum Gasteiger partial charge on any atom is 0.159 e. The summed E-state index contributed by atoms with van der Waals surface area (Å²) in [5.41, 5.74) is 0.988. The molecule has 0 amide bonds. The molecule has 0 saturated carbocycles. The number of likely N-dealkylation sites (N-methyl/N-ethyl adjacent to an activating group) is 1. The van der Waals surface area contributed by atoms with Gasteiger partial charge >= 0.3 is 0 Å².